The molecule has 0 saturated carbocycles. The first-order chi connectivity index (χ1) is 12.3. The Morgan fingerprint density at radius 3 is 1.72 bits per heavy atom. The first-order valence-electron chi connectivity index (χ1n) is 7.57. The molecule has 6 heteroatoms. The molecule has 0 unspecified atom stereocenters. The lowest BCUT2D eigenvalue weighted by Crippen LogP contribution is -2.29. The largest absolute Gasteiger partial charge is 0.467 e. The highest BCUT2D eigenvalue weighted by molar-refractivity contribution is 5.86. The summed E-state index contributed by atoms with van der Waals surface area (Å²) in [5.41, 5.74) is -1.11. The molecule has 0 fully saturated rings. The van der Waals surface area contributed by atoms with Crippen molar-refractivity contribution in [3.8, 4) is 0 Å². The summed E-state index contributed by atoms with van der Waals surface area (Å²) in [6, 6.07) is 13.9. The summed E-state index contributed by atoms with van der Waals surface area (Å²) < 4.78 is 27.7. The molecule has 4 aromatic rings. The zero-order valence-electron chi connectivity index (χ0n) is 13.3. The van der Waals surface area contributed by atoms with Gasteiger partial charge in [-0.25, -0.2) is 4.79 Å². The Hall–Kier alpha value is -3.41. The molecule has 0 saturated heterocycles. The molecule has 4 aromatic heterocycles. The Kier molecular flexibility index (Phi) is 3.57. The van der Waals surface area contributed by atoms with Gasteiger partial charge in [-0.15, -0.1) is 0 Å². The summed E-state index contributed by atoms with van der Waals surface area (Å²) in [6.45, 7) is 0. The van der Waals surface area contributed by atoms with Crippen LogP contribution in [0.15, 0.2) is 85.0 Å². The van der Waals surface area contributed by atoms with E-state index in [9.17, 15) is 4.79 Å². The van der Waals surface area contributed by atoms with Gasteiger partial charge in [0.1, 0.15) is 23.0 Å². The van der Waals surface area contributed by atoms with Gasteiger partial charge in [-0.1, -0.05) is 0 Å². The summed E-state index contributed by atoms with van der Waals surface area (Å²) in [7, 11) is 1.30. The van der Waals surface area contributed by atoms with Gasteiger partial charge >= 0.3 is 5.97 Å². The lowest BCUT2D eigenvalue weighted by atomic mass is 9.77. The normalized spacial score (nSPS) is 11.6. The van der Waals surface area contributed by atoms with Gasteiger partial charge < -0.3 is 22.4 Å². The smallest absolute Gasteiger partial charge is 0.373 e. The van der Waals surface area contributed by atoms with Gasteiger partial charge in [0, 0.05) is 0 Å². The van der Waals surface area contributed by atoms with Crippen LogP contribution in [-0.2, 0) is 10.2 Å². The van der Waals surface area contributed by atoms with E-state index < -0.39 is 11.4 Å². The molecular weight excluding hydrogens is 324 g/mol. The Labute approximate surface area is 142 Å². The highest BCUT2D eigenvalue weighted by Gasteiger charge is 2.49. The Balaban J connectivity index is 2.02. The maximum atomic E-state index is 11.8. The van der Waals surface area contributed by atoms with Crippen molar-refractivity contribution in [3.63, 3.8) is 0 Å². The van der Waals surface area contributed by atoms with Gasteiger partial charge in [-0.2, -0.15) is 0 Å². The molecule has 0 radical (unpaired) electrons. The minimum atomic E-state index is -1.11. The van der Waals surface area contributed by atoms with E-state index in [0.29, 0.717) is 23.0 Å². The predicted molar refractivity (Wildman–Crippen MR) is 85.2 cm³/mol. The number of hydrogen-bond donors (Lipinski definition) is 0. The fraction of sp³-hybridized carbons (Fsp3) is 0.105. The zero-order chi connectivity index (χ0) is 17.3. The lowest BCUT2D eigenvalue weighted by Gasteiger charge is -2.25. The number of esters is 1. The van der Waals surface area contributed by atoms with Crippen LogP contribution >= 0.6 is 0 Å². The van der Waals surface area contributed by atoms with Gasteiger partial charge in [0.15, 0.2) is 0 Å². The van der Waals surface area contributed by atoms with E-state index in [2.05, 4.69) is 0 Å². The lowest BCUT2D eigenvalue weighted by molar-refractivity contribution is 0.0561. The summed E-state index contributed by atoms with van der Waals surface area (Å²) in [4.78, 5) is 11.8. The second kappa shape index (κ2) is 5.90. The van der Waals surface area contributed by atoms with Crippen LogP contribution in [0.4, 0.5) is 0 Å². The average molecular weight is 338 g/mol. The molecule has 126 valence electrons. The standard InChI is InChI=1S/C19H14O6/c1-21-18(20)13-8-9-17(25-13)19(14-5-2-10-22-14,15-6-3-11-23-15)16-7-4-12-24-16/h2-12H,1H3. The molecule has 25 heavy (non-hydrogen) atoms. The minimum Gasteiger partial charge on any atom is -0.467 e. The first kappa shape index (κ1) is 15.1. The maximum absolute atomic E-state index is 11.8. The number of ether oxygens (including phenoxy) is 1. The van der Waals surface area contributed by atoms with Gasteiger partial charge in [0.05, 0.1) is 25.9 Å². The van der Waals surface area contributed by atoms with E-state index in [4.69, 9.17) is 22.4 Å². The van der Waals surface area contributed by atoms with Crippen LogP contribution in [0, 0.1) is 0 Å². The van der Waals surface area contributed by atoms with Crippen molar-refractivity contribution in [1.82, 2.24) is 0 Å². The van der Waals surface area contributed by atoms with E-state index in [1.54, 1.807) is 67.3 Å². The minimum absolute atomic E-state index is 0.0755. The van der Waals surface area contributed by atoms with E-state index in [1.165, 1.54) is 7.11 Å². The fourth-order valence-electron chi connectivity index (χ4n) is 2.95. The van der Waals surface area contributed by atoms with Gasteiger partial charge in [0.2, 0.25) is 11.2 Å². The van der Waals surface area contributed by atoms with E-state index in [-0.39, 0.29) is 5.76 Å². The second-order valence-corrected chi connectivity index (χ2v) is 5.34. The first-order valence-corrected chi connectivity index (χ1v) is 7.57. The molecule has 0 N–H and O–H groups in total. The van der Waals surface area contributed by atoms with Gasteiger partial charge in [-0.05, 0) is 48.5 Å². The Morgan fingerprint density at radius 2 is 1.32 bits per heavy atom. The number of carbonyl (C=O) groups excluding carboxylic acids is 1. The van der Waals surface area contributed by atoms with E-state index >= 15 is 0 Å². The average Bonchev–Trinajstić information content (AvgIpc) is 3.44. The summed E-state index contributed by atoms with van der Waals surface area (Å²) in [5.74, 6) is 1.51. The van der Waals surface area contributed by atoms with Crippen molar-refractivity contribution in [1.29, 1.82) is 0 Å². The van der Waals surface area contributed by atoms with Crippen LogP contribution in [-0.4, -0.2) is 13.1 Å². The maximum Gasteiger partial charge on any atom is 0.373 e. The van der Waals surface area contributed by atoms with Crippen LogP contribution in [0.3, 0.4) is 0 Å². The number of carbonyl (C=O) groups is 1. The quantitative estimate of drug-likeness (QED) is 0.507. The van der Waals surface area contributed by atoms with Crippen molar-refractivity contribution in [3.05, 3.63) is 96.1 Å². The molecule has 0 aliphatic heterocycles. The van der Waals surface area contributed by atoms with Crippen LogP contribution in [0.5, 0.6) is 0 Å². The van der Waals surface area contributed by atoms with Crippen LogP contribution in [0.1, 0.15) is 33.6 Å². The van der Waals surface area contributed by atoms with Gasteiger partial charge in [0.25, 0.3) is 0 Å². The zero-order valence-corrected chi connectivity index (χ0v) is 13.3. The molecule has 4 rings (SSSR count). The number of methoxy groups -OCH3 is 1. The monoisotopic (exact) mass is 338 g/mol. The highest BCUT2D eigenvalue weighted by atomic mass is 16.5. The van der Waals surface area contributed by atoms with E-state index in [0.717, 1.165) is 0 Å². The SMILES string of the molecule is COC(=O)c1ccc(C(c2ccco2)(c2ccco2)c2ccco2)o1. The topological polar surface area (TPSA) is 78.9 Å². The van der Waals surface area contributed by atoms with Crippen molar-refractivity contribution in [2.75, 3.05) is 7.11 Å². The molecule has 0 bridgehead atoms. The highest BCUT2D eigenvalue weighted by Crippen LogP contribution is 2.46. The van der Waals surface area contributed by atoms with Crippen LogP contribution in [0.2, 0.25) is 0 Å². The fourth-order valence-corrected chi connectivity index (χ4v) is 2.95. The van der Waals surface area contributed by atoms with Crippen LogP contribution in [0.25, 0.3) is 0 Å². The van der Waals surface area contributed by atoms with Crippen molar-refractivity contribution >= 4 is 5.97 Å². The Morgan fingerprint density at radius 1 is 0.800 bits per heavy atom. The molecular formula is C19H14O6. The molecule has 0 aliphatic rings. The van der Waals surface area contributed by atoms with Crippen molar-refractivity contribution in [2.45, 2.75) is 5.41 Å². The molecule has 4 heterocycles. The Bertz CT molecular complexity index is 858. The predicted octanol–water partition coefficient (Wildman–Crippen LogP) is 4.23. The third kappa shape index (κ3) is 2.22. The molecule has 0 spiro atoms. The number of furan rings is 4. The summed E-state index contributed by atoms with van der Waals surface area (Å²) in [5, 5.41) is 0. The van der Waals surface area contributed by atoms with Crippen LogP contribution < -0.4 is 0 Å². The molecule has 0 aliphatic carbocycles. The van der Waals surface area contributed by atoms with Crippen molar-refractivity contribution < 1.29 is 27.2 Å². The van der Waals surface area contributed by atoms with E-state index in [1.807, 2.05) is 0 Å². The molecule has 0 aromatic carbocycles. The number of rotatable bonds is 5. The number of hydrogen-bond acceptors (Lipinski definition) is 6. The third-order valence-electron chi connectivity index (χ3n) is 4.03. The molecule has 0 atom stereocenters. The van der Waals surface area contributed by atoms with Gasteiger partial charge in [-0.3, -0.25) is 0 Å². The third-order valence-corrected chi connectivity index (χ3v) is 4.03. The summed E-state index contributed by atoms with van der Waals surface area (Å²) in [6.07, 6.45) is 4.67. The molecule has 6 nitrogen and oxygen atoms in total. The van der Waals surface area contributed by atoms with Crippen molar-refractivity contribution in [2.24, 2.45) is 0 Å². The molecule has 0 amide bonds. The summed E-state index contributed by atoms with van der Waals surface area (Å²) >= 11 is 0. The second-order valence-electron chi connectivity index (χ2n) is 5.34.